The Hall–Kier alpha value is -0.630. The Morgan fingerprint density at radius 3 is 2.15 bits per heavy atom. The van der Waals surface area contributed by atoms with E-state index in [0.717, 1.165) is 5.56 Å². The lowest BCUT2D eigenvalue weighted by Crippen LogP contribution is -1.92. The van der Waals surface area contributed by atoms with Crippen molar-refractivity contribution in [3.05, 3.63) is 35.9 Å². The summed E-state index contributed by atoms with van der Waals surface area (Å²) in [6.45, 7) is 0. The van der Waals surface area contributed by atoms with E-state index < -0.39 is 7.60 Å². The Bertz CT molecular complexity index is 289. The van der Waals surface area contributed by atoms with E-state index in [4.69, 9.17) is 9.05 Å². The van der Waals surface area contributed by atoms with Crippen LogP contribution in [0.4, 0.5) is 0 Å². The summed E-state index contributed by atoms with van der Waals surface area (Å²) in [5.74, 6) is 0. The average molecular weight is 200 g/mol. The molecule has 13 heavy (non-hydrogen) atoms. The molecule has 72 valence electrons. The van der Waals surface area contributed by atoms with E-state index in [9.17, 15) is 4.57 Å². The molecule has 3 nitrogen and oxygen atoms in total. The molecule has 0 aliphatic rings. The zero-order valence-corrected chi connectivity index (χ0v) is 8.66. The van der Waals surface area contributed by atoms with Crippen molar-refractivity contribution in [2.75, 3.05) is 14.2 Å². The van der Waals surface area contributed by atoms with Crippen molar-refractivity contribution in [2.45, 2.75) is 6.16 Å². The monoisotopic (exact) mass is 200 g/mol. The fraction of sp³-hybridized carbons (Fsp3) is 0.333. The maximum atomic E-state index is 11.7. The minimum absolute atomic E-state index is 0.320. The van der Waals surface area contributed by atoms with Gasteiger partial charge in [0.2, 0.25) is 0 Å². The molecule has 1 aromatic rings. The highest BCUT2D eigenvalue weighted by atomic mass is 31.2. The van der Waals surface area contributed by atoms with Crippen LogP contribution in [0.2, 0.25) is 0 Å². The minimum Gasteiger partial charge on any atom is -0.312 e. The molecule has 0 spiro atoms. The second-order valence-corrected chi connectivity index (χ2v) is 4.89. The van der Waals surface area contributed by atoms with Crippen LogP contribution in [0.1, 0.15) is 5.56 Å². The lowest BCUT2D eigenvalue weighted by molar-refractivity contribution is 0.275. The molecule has 0 amide bonds. The highest BCUT2D eigenvalue weighted by Gasteiger charge is 2.20. The molecule has 0 heterocycles. The molecule has 4 heteroatoms. The SMILES string of the molecule is COP(=O)(Cc1ccccc1)OC. The lowest BCUT2D eigenvalue weighted by atomic mass is 10.2. The normalized spacial score (nSPS) is 11.5. The Labute approximate surface area is 78.2 Å². The topological polar surface area (TPSA) is 35.5 Å². The third-order valence-electron chi connectivity index (χ3n) is 1.78. The summed E-state index contributed by atoms with van der Waals surface area (Å²) in [6, 6.07) is 9.49. The van der Waals surface area contributed by atoms with Crippen LogP contribution in [-0.2, 0) is 19.8 Å². The molecule has 0 atom stereocenters. The van der Waals surface area contributed by atoms with Crippen molar-refractivity contribution in [1.82, 2.24) is 0 Å². The molecule has 0 fully saturated rings. The molecule has 0 aromatic heterocycles. The van der Waals surface area contributed by atoms with E-state index in [1.165, 1.54) is 14.2 Å². The predicted molar refractivity (Wildman–Crippen MR) is 51.8 cm³/mol. The van der Waals surface area contributed by atoms with Crippen molar-refractivity contribution < 1.29 is 13.6 Å². The van der Waals surface area contributed by atoms with Gasteiger partial charge in [-0.2, -0.15) is 0 Å². The van der Waals surface area contributed by atoms with Gasteiger partial charge >= 0.3 is 7.60 Å². The molecule has 0 unspecified atom stereocenters. The van der Waals surface area contributed by atoms with Crippen molar-refractivity contribution >= 4 is 7.60 Å². The first-order chi connectivity index (χ1) is 6.20. The zero-order chi connectivity index (χ0) is 9.73. The van der Waals surface area contributed by atoms with Gasteiger partial charge in [-0.3, -0.25) is 4.57 Å². The standard InChI is InChI=1S/C9H13O3P/c1-11-13(10,12-2)8-9-6-4-3-5-7-9/h3-7H,8H2,1-2H3. The molecule has 0 saturated carbocycles. The second-order valence-electron chi connectivity index (χ2n) is 2.62. The van der Waals surface area contributed by atoms with Crippen LogP contribution >= 0.6 is 7.60 Å². The number of hydrogen-bond donors (Lipinski definition) is 0. The van der Waals surface area contributed by atoms with Gasteiger partial charge in [0.25, 0.3) is 0 Å². The Kier molecular flexibility index (Phi) is 3.67. The molecule has 0 bridgehead atoms. The first kappa shape index (κ1) is 10.5. The van der Waals surface area contributed by atoms with Gasteiger partial charge in [0, 0.05) is 14.2 Å². The van der Waals surface area contributed by atoms with Crippen LogP contribution in [-0.4, -0.2) is 14.2 Å². The van der Waals surface area contributed by atoms with Crippen molar-refractivity contribution in [3.8, 4) is 0 Å². The van der Waals surface area contributed by atoms with Crippen LogP contribution < -0.4 is 0 Å². The summed E-state index contributed by atoms with van der Waals surface area (Å²) in [4.78, 5) is 0. The maximum absolute atomic E-state index is 11.7. The van der Waals surface area contributed by atoms with Crippen molar-refractivity contribution in [3.63, 3.8) is 0 Å². The summed E-state index contributed by atoms with van der Waals surface area (Å²) >= 11 is 0. The summed E-state index contributed by atoms with van der Waals surface area (Å²) in [5.41, 5.74) is 0.953. The van der Waals surface area contributed by atoms with E-state index in [2.05, 4.69) is 0 Å². The second kappa shape index (κ2) is 4.56. The molecule has 1 aromatic carbocycles. The van der Waals surface area contributed by atoms with E-state index in [1.54, 1.807) is 0 Å². The molecule has 1 rings (SSSR count). The first-order valence-electron chi connectivity index (χ1n) is 3.94. The van der Waals surface area contributed by atoms with Crippen LogP contribution in [0.25, 0.3) is 0 Å². The van der Waals surface area contributed by atoms with Crippen LogP contribution in [0.15, 0.2) is 30.3 Å². The molecule has 0 aliphatic heterocycles. The number of benzene rings is 1. The van der Waals surface area contributed by atoms with E-state index in [-0.39, 0.29) is 0 Å². The smallest absolute Gasteiger partial charge is 0.312 e. The molecular weight excluding hydrogens is 187 g/mol. The third kappa shape index (κ3) is 2.96. The Morgan fingerprint density at radius 1 is 1.15 bits per heavy atom. The Morgan fingerprint density at radius 2 is 1.69 bits per heavy atom. The van der Waals surface area contributed by atoms with Crippen LogP contribution in [0.3, 0.4) is 0 Å². The molecule has 0 aliphatic carbocycles. The summed E-state index contributed by atoms with van der Waals surface area (Å²) in [6.07, 6.45) is 0.320. The van der Waals surface area contributed by atoms with E-state index in [0.29, 0.717) is 6.16 Å². The van der Waals surface area contributed by atoms with E-state index >= 15 is 0 Å². The number of hydrogen-bond acceptors (Lipinski definition) is 3. The van der Waals surface area contributed by atoms with Gasteiger partial charge < -0.3 is 9.05 Å². The van der Waals surface area contributed by atoms with Gasteiger partial charge in [0.1, 0.15) is 0 Å². The molecule has 0 N–H and O–H groups in total. The predicted octanol–water partition coefficient (Wildman–Crippen LogP) is 2.67. The summed E-state index contributed by atoms with van der Waals surface area (Å²) in [5, 5.41) is 0. The van der Waals surface area contributed by atoms with Gasteiger partial charge in [-0.25, -0.2) is 0 Å². The van der Waals surface area contributed by atoms with Crippen LogP contribution in [0.5, 0.6) is 0 Å². The maximum Gasteiger partial charge on any atom is 0.334 e. The molecular formula is C9H13O3P. The first-order valence-corrected chi connectivity index (χ1v) is 5.67. The van der Waals surface area contributed by atoms with Crippen molar-refractivity contribution in [1.29, 1.82) is 0 Å². The highest BCUT2D eigenvalue weighted by molar-refractivity contribution is 7.52. The van der Waals surface area contributed by atoms with E-state index in [1.807, 2.05) is 30.3 Å². The van der Waals surface area contributed by atoms with Gasteiger partial charge in [0.05, 0.1) is 6.16 Å². The quantitative estimate of drug-likeness (QED) is 0.701. The fourth-order valence-electron chi connectivity index (χ4n) is 1.01. The fourth-order valence-corrected chi connectivity index (χ4v) is 2.08. The molecule has 0 saturated heterocycles. The zero-order valence-electron chi connectivity index (χ0n) is 7.77. The van der Waals surface area contributed by atoms with Gasteiger partial charge in [-0.15, -0.1) is 0 Å². The Balaban J connectivity index is 2.74. The van der Waals surface area contributed by atoms with Gasteiger partial charge in [-0.05, 0) is 5.56 Å². The van der Waals surface area contributed by atoms with Crippen LogP contribution in [0, 0.1) is 0 Å². The van der Waals surface area contributed by atoms with Gasteiger partial charge in [0.15, 0.2) is 0 Å². The largest absolute Gasteiger partial charge is 0.334 e. The minimum atomic E-state index is -2.90. The summed E-state index contributed by atoms with van der Waals surface area (Å²) < 4.78 is 21.3. The third-order valence-corrected chi connectivity index (χ3v) is 3.64. The molecule has 0 radical (unpaired) electrons. The van der Waals surface area contributed by atoms with Gasteiger partial charge in [-0.1, -0.05) is 30.3 Å². The summed E-state index contributed by atoms with van der Waals surface area (Å²) in [7, 11) is -0.111. The highest BCUT2D eigenvalue weighted by Crippen LogP contribution is 2.49. The van der Waals surface area contributed by atoms with Crippen molar-refractivity contribution in [2.24, 2.45) is 0 Å². The lowest BCUT2D eigenvalue weighted by Gasteiger charge is -2.12. The average Bonchev–Trinajstić information content (AvgIpc) is 2.19. The number of rotatable bonds is 4.